The smallest absolute Gasteiger partial charge is 0.0166 e. The molecule has 1 aliphatic heterocycles. The molecule has 1 heterocycles. The highest BCUT2D eigenvalue weighted by Gasteiger charge is 2.21. The number of likely N-dealkylation sites (tertiary alicyclic amines) is 1. The number of piperidine rings is 1. The number of allylic oxidation sites excluding steroid dienone is 1. The SMILES string of the molecule is CC.CC/C=C\CN(CC)C1CCN(CC)CC1. The molecule has 0 aromatic heterocycles. The highest BCUT2D eigenvalue weighted by molar-refractivity contribution is 4.87. The van der Waals surface area contributed by atoms with Crippen LogP contribution in [0.5, 0.6) is 0 Å². The van der Waals surface area contributed by atoms with Crippen molar-refractivity contribution in [3.8, 4) is 0 Å². The minimum atomic E-state index is 0.814. The monoisotopic (exact) mass is 254 g/mol. The predicted molar refractivity (Wildman–Crippen MR) is 83.2 cm³/mol. The molecule has 0 bridgehead atoms. The molecule has 0 unspecified atom stereocenters. The van der Waals surface area contributed by atoms with Gasteiger partial charge in [0.15, 0.2) is 0 Å². The van der Waals surface area contributed by atoms with Crippen LogP contribution in [-0.2, 0) is 0 Å². The molecular weight excluding hydrogens is 220 g/mol. The summed E-state index contributed by atoms with van der Waals surface area (Å²) in [6.45, 7) is 16.9. The van der Waals surface area contributed by atoms with Gasteiger partial charge in [0, 0.05) is 12.6 Å². The lowest BCUT2D eigenvalue weighted by molar-refractivity contribution is 0.125. The van der Waals surface area contributed by atoms with Crippen LogP contribution in [0.1, 0.15) is 53.9 Å². The number of hydrogen-bond donors (Lipinski definition) is 0. The third kappa shape index (κ3) is 6.55. The normalized spacial score (nSPS) is 18.1. The molecule has 0 spiro atoms. The molecule has 0 aromatic rings. The molecule has 2 nitrogen and oxygen atoms in total. The summed E-state index contributed by atoms with van der Waals surface area (Å²) in [7, 11) is 0. The van der Waals surface area contributed by atoms with Crippen molar-refractivity contribution in [2.75, 3.05) is 32.7 Å². The molecule has 1 saturated heterocycles. The van der Waals surface area contributed by atoms with Crippen LogP contribution in [0.15, 0.2) is 12.2 Å². The quantitative estimate of drug-likeness (QED) is 0.666. The highest BCUT2D eigenvalue weighted by Crippen LogP contribution is 2.16. The van der Waals surface area contributed by atoms with Gasteiger partial charge in [0.1, 0.15) is 0 Å². The standard InChI is InChI=1S/C14H28N2.C2H6/c1-4-7-8-11-16(6-3)14-9-12-15(5-2)13-10-14;1-2/h7-8,14H,4-6,9-13H2,1-3H3;1-2H3/b8-7-;. The summed E-state index contributed by atoms with van der Waals surface area (Å²) in [5.74, 6) is 0. The minimum absolute atomic E-state index is 0.814. The molecule has 1 rings (SSSR count). The maximum absolute atomic E-state index is 2.62. The summed E-state index contributed by atoms with van der Waals surface area (Å²) in [5.41, 5.74) is 0. The Bertz CT molecular complexity index is 193. The maximum atomic E-state index is 2.62. The lowest BCUT2D eigenvalue weighted by atomic mass is 10.0. The van der Waals surface area contributed by atoms with E-state index in [0.29, 0.717) is 0 Å². The molecule has 0 radical (unpaired) electrons. The third-order valence-electron chi connectivity index (χ3n) is 3.67. The van der Waals surface area contributed by atoms with E-state index in [4.69, 9.17) is 0 Å². The Morgan fingerprint density at radius 1 is 1.06 bits per heavy atom. The van der Waals surface area contributed by atoms with Gasteiger partial charge in [-0.3, -0.25) is 4.90 Å². The fourth-order valence-electron chi connectivity index (χ4n) is 2.51. The lowest BCUT2D eigenvalue weighted by Crippen LogP contribution is -2.44. The van der Waals surface area contributed by atoms with E-state index in [1.54, 1.807) is 0 Å². The Labute approximate surface area is 115 Å². The van der Waals surface area contributed by atoms with Gasteiger partial charge in [0.25, 0.3) is 0 Å². The Morgan fingerprint density at radius 3 is 2.11 bits per heavy atom. The van der Waals surface area contributed by atoms with E-state index in [-0.39, 0.29) is 0 Å². The molecular formula is C16H34N2. The zero-order valence-corrected chi connectivity index (χ0v) is 13.3. The van der Waals surface area contributed by atoms with E-state index >= 15 is 0 Å². The van der Waals surface area contributed by atoms with Crippen molar-refractivity contribution in [3.05, 3.63) is 12.2 Å². The first-order valence-electron chi connectivity index (χ1n) is 7.93. The zero-order valence-electron chi connectivity index (χ0n) is 13.3. The van der Waals surface area contributed by atoms with Gasteiger partial charge in [-0.05, 0) is 45.4 Å². The average Bonchev–Trinajstić information content (AvgIpc) is 2.46. The van der Waals surface area contributed by atoms with E-state index in [2.05, 4.69) is 42.7 Å². The number of likely N-dealkylation sites (N-methyl/N-ethyl adjacent to an activating group) is 1. The summed E-state index contributed by atoms with van der Waals surface area (Å²) in [4.78, 5) is 5.19. The Kier molecular flexibility index (Phi) is 11.5. The Balaban J connectivity index is 0.00000137. The molecule has 0 saturated carbocycles. The van der Waals surface area contributed by atoms with E-state index < -0.39 is 0 Å². The van der Waals surface area contributed by atoms with Crippen molar-refractivity contribution in [1.29, 1.82) is 0 Å². The second-order valence-electron chi connectivity index (χ2n) is 4.63. The maximum Gasteiger partial charge on any atom is 0.0166 e. The first-order chi connectivity index (χ1) is 8.81. The fourth-order valence-corrected chi connectivity index (χ4v) is 2.51. The summed E-state index contributed by atoms with van der Waals surface area (Å²) in [5, 5.41) is 0. The topological polar surface area (TPSA) is 6.48 Å². The second kappa shape index (κ2) is 11.7. The molecule has 0 N–H and O–H groups in total. The zero-order chi connectivity index (χ0) is 13.8. The summed E-state index contributed by atoms with van der Waals surface area (Å²) < 4.78 is 0. The van der Waals surface area contributed by atoms with Crippen LogP contribution in [0.25, 0.3) is 0 Å². The summed E-state index contributed by atoms with van der Waals surface area (Å²) >= 11 is 0. The van der Waals surface area contributed by atoms with Gasteiger partial charge >= 0.3 is 0 Å². The molecule has 18 heavy (non-hydrogen) atoms. The molecule has 0 aromatic carbocycles. The van der Waals surface area contributed by atoms with Gasteiger partial charge in [-0.2, -0.15) is 0 Å². The molecule has 108 valence electrons. The van der Waals surface area contributed by atoms with Gasteiger partial charge in [-0.1, -0.05) is 46.8 Å². The van der Waals surface area contributed by atoms with Crippen LogP contribution in [0.2, 0.25) is 0 Å². The highest BCUT2D eigenvalue weighted by atomic mass is 15.2. The number of rotatable bonds is 6. The van der Waals surface area contributed by atoms with Crippen molar-refractivity contribution >= 4 is 0 Å². The van der Waals surface area contributed by atoms with Gasteiger partial charge in [-0.15, -0.1) is 0 Å². The molecule has 2 heteroatoms. The van der Waals surface area contributed by atoms with E-state index in [9.17, 15) is 0 Å². The predicted octanol–water partition coefficient (Wildman–Crippen LogP) is 3.79. The van der Waals surface area contributed by atoms with E-state index in [0.717, 1.165) is 19.0 Å². The first kappa shape index (κ1) is 17.7. The second-order valence-corrected chi connectivity index (χ2v) is 4.63. The van der Waals surface area contributed by atoms with Gasteiger partial charge < -0.3 is 4.90 Å². The molecule has 0 amide bonds. The van der Waals surface area contributed by atoms with Crippen LogP contribution >= 0.6 is 0 Å². The summed E-state index contributed by atoms with van der Waals surface area (Å²) in [6.07, 6.45) is 8.47. The third-order valence-corrected chi connectivity index (χ3v) is 3.67. The van der Waals surface area contributed by atoms with Crippen molar-refractivity contribution in [3.63, 3.8) is 0 Å². The van der Waals surface area contributed by atoms with Crippen LogP contribution in [-0.4, -0.2) is 48.6 Å². The largest absolute Gasteiger partial charge is 0.303 e. The molecule has 0 aliphatic carbocycles. The minimum Gasteiger partial charge on any atom is -0.303 e. The lowest BCUT2D eigenvalue weighted by Gasteiger charge is -2.37. The molecule has 0 atom stereocenters. The van der Waals surface area contributed by atoms with Crippen LogP contribution in [0.3, 0.4) is 0 Å². The number of hydrogen-bond acceptors (Lipinski definition) is 2. The van der Waals surface area contributed by atoms with Crippen LogP contribution in [0, 0.1) is 0 Å². The van der Waals surface area contributed by atoms with Crippen molar-refractivity contribution < 1.29 is 0 Å². The van der Waals surface area contributed by atoms with Gasteiger partial charge in [0.2, 0.25) is 0 Å². The van der Waals surface area contributed by atoms with Crippen LogP contribution < -0.4 is 0 Å². The molecule has 1 aliphatic rings. The van der Waals surface area contributed by atoms with E-state index in [1.807, 2.05) is 13.8 Å². The van der Waals surface area contributed by atoms with Crippen molar-refractivity contribution in [2.24, 2.45) is 0 Å². The first-order valence-corrected chi connectivity index (χ1v) is 7.93. The Morgan fingerprint density at radius 2 is 1.67 bits per heavy atom. The van der Waals surface area contributed by atoms with Crippen LogP contribution in [0.4, 0.5) is 0 Å². The van der Waals surface area contributed by atoms with Gasteiger partial charge in [0.05, 0.1) is 0 Å². The van der Waals surface area contributed by atoms with Gasteiger partial charge in [-0.25, -0.2) is 0 Å². The molecule has 1 fully saturated rings. The Hall–Kier alpha value is -0.340. The summed E-state index contributed by atoms with van der Waals surface area (Å²) in [6, 6.07) is 0.814. The average molecular weight is 254 g/mol. The van der Waals surface area contributed by atoms with E-state index in [1.165, 1.54) is 39.0 Å². The van der Waals surface area contributed by atoms with Crippen molar-refractivity contribution in [2.45, 2.75) is 59.9 Å². The fraction of sp³-hybridized carbons (Fsp3) is 0.875. The number of nitrogens with zero attached hydrogens (tertiary/aromatic N) is 2. The van der Waals surface area contributed by atoms with Crippen molar-refractivity contribution in [1.82, 2.24) is 9.80 Å².